The van der Waals surface area contributed by atoms with E-state index in [2.05, 4.69) is 16.0 Å². The van der Waals surface area contributed by atoms with Crippen molar-refractivity contribution in [2.45, 2.75) is 17.4 Å². The molecule has 3 amide bonds. The molecular weight excluding hydrogens is 468 g/mol. The largest absolute Gasteiger partial charge is 0.354 e. The number of carbonyl (C=O) groups excluding carboxylic acids is 3. The van der Waals surface area contributed by atoms with Crippen molar-refractivity contribution in [3.63, 3.8) is 0 Å². The molecule has 0 aliphatic heterocycles. The van der Waals surface area contributed by atoms with Gasteiger partial charge in [0.25, 0.3) is 5.91 Å². The number of hydrogen-bond acceptors (Lipinski definition) is 6. The molecule has 1 unspecified atom stereocenters. The second-order valence-corrected chi connectivity index (χ2v) is 9.59. The lowest BCUT2D eigenvalue weighted by Crippen LogP contribution is -2.48. The first-order chi connectivity index (χ1) is 15.7. The first-order valence-electron chi connectivity index (χ1n) is 9.93. The summed E-state index contributed by atoms with van der Waals surface area (Å²) in [6.07, 6.45) is -0.131. The SMILES string of the molecule is N#CCNC(=O)CCNC(=O)C(CNC(=O)c1ccccc1)S(=O)(=O)Cc1ccc(Cl)cc1. The molecule has 1 atom stereocenters. The maximum Gasteiger partial charge on any atom is 0.251 e. The van der Waals surface area contributed by atoms with Crippen LogP contribution in [0.3, 0.4) is 0 Å². The van der Waals surface area contributed by atoms with Crippen molar-refractivity contribution in [1.29, 1.82) is 5.26 Å². The van der Waals surface area contributed by atoms with Gasteiger partial charge in [0.15, 0.2) is 15.1 Å². The highest BCUT2D eigenvalue weighted by atomic mass is 35.5. The van der Waals surface area contributed by atoms with Gasteiger partial charge in [-0.3, -0.25) is 14.4 Å². The third-order valence-electron chi connectivity index (χ3n) is 4.51. The summed E-state index contributed by atoms with van der Waals surface area (Å²) in [6, 6.07) is 16.1. The van der Waals surface area contributed by atoms with Gasteiger partial charge in [-0.1, -0.05) is 41.9 Å². The van der Waals surface area contributed by atoms with Crippen LogP contribution in [0.15, 0.2) is 54.6 Å². The molecule has 0 fully saturated rings. The first kappa shape index (κ1) is 25.8. The number of amides is 3. The molecule has 33 heavy (non-hydrogen) atoms. The zero-order chi connectivity index (χ0) is 24.3. The second-order valence-electron chi connectivity index (χ2n) is 6.97. The smallest absolute Gasteiger partial charge is 0.251 e. The standard InChI is InChI=1S/C22H23ClN4O5S/c23-18-8-6-16(7-9-18)15-33(31,32)19(14-27-21(29)17-4-2-1-3-5-17)22(30)26-12-10-20(28)25-13-11-24/h1-9,19H,10,12-15H2,(H,25,28)(H,26,30)(H,27,29). The van der Waals surface area contributed by atoms with Crippen LogP contribution in [0.2, 0.25) is 5.02 Å². The van der Waals surface area contributed by atoms with E-state index in [1.165, 1.54) is 12.1 Å². The average molecular weight is 491 g/mol. The van der Waals surface area contributed by atoms with E-state index in [-0.39, 0.29) is 19.5 Å². The number of carbonyl (C=O) groups is 3. The van der Waals surface area contributed by atoms with Crippen molar-refractivity contribution in [1.82, 2.24) is 16.0 Å². The van der Waals surface area contributed by atoms with Crippen molar-refractivity contribution in [3.8, 4) is 6.07 Å². The van der Waals surface area contributed by atoms with Crippen LogP contribution in [-0.2, 0) is 25.2 Å². The van der Waals surface area contributed by atoms with Crippen molar-refractivity contribution in [3.05, 3.63) is 70.7 Å². The Morgan fingerprint density at radius 3 is 2.27 bits per heavy atom. The minimum atomic E-state index is -4.04. The summed E-state index contributed by atoms with van der Waals surface area (Å²) in [5.74, 6) is -2.27. The van der Waals surface area contributed by atoms with Gasteiger partial charge < -0.3 is 16.0 Å². The zero-order valence-corrected chi connectivity index (χ0v) is 19.2. The Balaban J connectivity index is 2.11. The van der Waals surface area contributed by atoms with Crippen LogP contribution in [0.1, 0.15) is 22.3 Å². The highest BCUT2D eigenvalue weighted by Gasteiger charge is 2.33. The van der Waals surface area contributed by atoms with Gasteiger partial charge in [-0.05, 0) is 29.8 Å². The Morgan fingerprint density at radius 2 is 1.64 bits per heavy atom. The molecule has 9 nitrogen and oxygen atoms in total. The monoisotopic (exact) mass is 490 g/mol. The van der Waals surface area contributed by atoms with Crippen molar-refractivity contribution < 1.29 is 22.8 Å². The van der Waals surface area contributed by atoms with Gasteiger partial charge in [0.2, 0.25) is 11.8 Å². The van der Waals surface area contributed by atoms with Crippen molar-refractivity contribution in [2.75, 3.05) is 19.6 Å². The van der Waals surface area contributed by atoms with Crippen LogP contribution in [0, 0.1) is 11.3 Å². The fourth-order valence-electron chi connectivity index (χ4n) is 2.81. The fourth-order valence-corrected chi connectivity index (χ4v) is 4.54. The predicted octanol–water partition coefficient (Wildman–Crippen LogP) is 1.20. The number of nitrogens with one attached hydrogen (secondary N) is 3. The summed E-state index contributed by atoms with van der Waals surface area (Å²) in [6.45, 7) is -0.748. The number of nitriles is 1. The average Bonchev–Trinajstić information content (AvgIpc) is 2.79. The maximum absolute atomic E-state index is 13.1. The first-order valence-corrected chi connectivity index (χ1v) is 12.0. The molecule has 2 rings (SSSR count). The zero-order valence-electron chi connectivity index (χ0n) is 17.6. The summed E-state index contributed by atoms with van der Waals surface area (Å²) in [5, 5.41) is 14.6. The second kappa shape index (κ2) is 12.6. The minimum absolute atomic E-state index is 0.129. The summed E-state index contributed by atoms with van der Waals surface area (Å²) >= 11 is 5.84. The number of nitrogens with zero attached hydrogens (tertiary/aromatic N) is 1. The van der Waals surface area contributed by atoms with Crippen LogP contribution in [0.25, 0.3) is 0 Å². The molecule has 0 bridgehead atoms. The van der Waals surface area contributed by atoms with E-state index in [4.69, 9.17) is 16.9 Å². The Bertz CT molecular complexity index is 1120. The van der Waals surface area contributed by atoms with Crippen molar-refractivity contribution >= 4 is 39.2 Å². The molecule has 0 saturated carbocycles. The third kappa shape index (κ3) is 8.56. The summed E-state index contributed by atoms with van der Waals surface area (Å²) in [4.78, 5) is 36.7. The molecule has 3 N–H and O–H groups in total. The van der Waals surface area contributed by atoms with E-state index >= 15 is 0 Å². The molecule has 0 saturated heterocycles. The van der Waals surface area contributed by atoms with Crippen LogP contribution < -0.4 is 16.0 Å². The quantitative estimate of drug-likeness (QED) is 0.403. The van der Waals surface area contributed by atoms with E-state index in [9.17, 15) is 22.8 Å². The number of sulfone groups is 1. The Hall–Kier alpha value is -3.42. The Labute approximate surface area is 197 Å². The molecule has 174 valence electrons. The number of halogens is 1. The van der Waals surface area contributed by atoms with Crippen LogP contribution in [-0.4, -0.2) is 51.0 Å². The van der Waals surface area contributed by atoms with E-state index in [0.717, 1.165) is 0 Å². The molecule has 0 aliphatic carbocycles. The molecule has 0 aliphatic rings. The topological polar surface area (TPSA) is 145 Å². The Morgan fingerprint density at radius 1 is 0.970 bits per heavy atom. The predicted molar refractivity (Wildman–Crippen MR) is 123 cm³/mol. The molecule has 11 heteroatoms. The maximum atomic E-state index is 13.1. The molecule has 2 aromatic rings. The highest BCUT2D eigenvalue weighted by molar-refractivity contribution is 7.92. The van der Waals surface area contributed by atoms with E-state index < -0.39 is 45.1 Å². The van der Waals surface area contributed by atoms with Gasteiger partial charge in [-0.15, -0.1) is 0 Å². The van der Waals surface area contributed by atoms with E-state index in [1.54, 1.807) is 48.5 Å². The normalized spacial score (nSPS) is 11.6. The number of hydrogen-bond donors (Lipinski definition) is 3. The lowest BCUT2D eigenvalue weighted by atomic mass is 10.2. The van der Waals surface area contributed by atoms with Gasteiger partial charge in [-0.25, -0.2) is 8.42 Å². The number of benzene rings is 2. The van der Waals surface area contributed by atoms with Crippen LogP contribution in [0.5, 0.6) is 0 Å². The van der Waals surface area contributed by atoms with Crippen LogP contribution >= 0.6 is 11.6 Å². The summed E-state index contributed by atoms with van der Waals surface area (Å²) in [7, 11) is -4.04. The molecular formula is C22H23ClN4O5S. The van der Waals surface area contributed by atoms with Gasteiger partial charge in [-0.2, -0.15) is 5.26 Å². The Kier molecular flexibility index (Phi) is 9.84. The summed E-state index contributed by atoms with van der Waals surface area (Å²) < 4.78 is 26.1. The lowest BCUT2D eigenvalue weighted by molar-refractivity contribution is -0.121. The van der Waals surface area contributed by atoms with Gasteiger partial charge in [0.1, 0.15) is 6.54 Å². The molecule has 2 aromatic carbocycles. The van der Waals surface area contributed by atoms with Gasteiger partial charge in [0, 0.05) is 30.1 Å². The third-order valence-corrected chi connectivity index (χ3v) is 6.74. The lowest BCUT2D eigenvalue weighted by Gasteiger charge is -2.18. The van der Waals surface area contributed by atoms with E-state index in [0.29, 0.717) is 16.1 Å². The van der Waals surface area contributed by atoms with Gasteiger partial charge >= 0.3 is 0 Å². The minimum Gasteiger partial charge on any atom is -0.354 e. The molecule has 0 aromatic heterocycles. The van der Waals surface area contributed by atoms with Gasteiger partial charge in [0.05, 0.1) is 11.8 Å². The molecule has 0 heterocycles. The summed E-state index contributed by atoms with van der Waals surface area (Å²) in [5.41, 5.74) is 0.753. The number of rotatable bonds is 11. The van der Waals surface area contributed by atoms with Crippen molar-refractivity contribution in [2.24, 2.45) is 0 Å². The van der Waals surface area contributed by atoms with E-state index in [1.807, 2.05) is 0 Å². The fraction of sp³-hybridized carbons (Fsp3) is 0.273. The van der Waals surface area contributed by atoms with Crippen LogP contribution in [0.4, 0.5) is 0 Å². The molecule has 0 radical (unpaired) electrons. The molecule has 0 spiro atoms. The highest BCUT2D eigenvalue weighted by Crippen LogP contribution is 2.15.